The van der Waals surface area contributed by atoms with Crippen molar-refractivity contribution in [1.29, 1.82) is 0 Å². The molecule has 4 N–H and O–H groups in total. The highest BCUT2D eigenvalue weighted by atomic mass is 16.6. The van der Waals surface area contributed by atoms with Gasteiger partial charge >= 0.3 is 6.09 Å². The number of carbonyl (C=O) groups is 4. The van der Waals surface area contributed by atoms with Crippen molar-refractivity contribution in [3.63, 3.8) is 0 Å². The van der Waals surface area contributed by atoms with Crippen molar-refractivity contribution in [2.45, 2.75) is 84.9 Å². The Bertz CT molecular complexity index is 782. The molecule has 0 saturated heterocycles. The zero-order valence-corrected chi connectivity index (χ0v) is 21.1. The molecule has 0 radical (unpaired) electrons. The van der Waals surface area contributed by atoms with E-state index in [9.17, 15) is 19.2 Å². The fraction of sp³-hybridized carbons (Fsp3) is 0.615. The van der Waals surface area contributed by atoms with Crippen LogP contribution >= 0.6 is 0 Å². The van der Waals surface area contributed by atoms with Gasteiger partial charge in [0.15, 0.2) is 6.10 Å². The molecule has 0 spiro atoms. The molecule has 0 aliphatic rings. The first-order valence-electron chi connectivity index (χ1n) is 12.1. The first-order chi connectivity index (χ1) is 16.0. The third-order valence-electron chi connectivity index (χ3n) is 5.49. The van der Waals surface area contributed by atoms with Crippen LogP contribution in [0.4, 0.5) is 4.79 Å². The van der Waals surface area contributed by atoms with Crippen molar-refractivity contribution in [1.82, 2.24) is 10.6 Å². The Morgan fingerprint density at radius 1 is 0.912 bits per heavy atom. The van der Waals surface area contributed by atoms with Crippen LogP contribution < -0.4 is 16.4 Å². The standard InChI is InChI=1S/C26H41N3O5/c1-17(2)13-21(16-30)28-24(31)22(14-18(3)4)29-25(32)23(34-26(27)33)15-19(5)11-12-20-9-7-6-8-10-20/h6-10,16-19,21-23H,11-15H2,1-5H3,(H2,27,33)(H,28,31)(H,29,32)/t19-,21-,22-,23-/m0/s1. The van der Waals surface area contributed by atoms with E-state index in [1.165, 1.54) is 5.56 Å². The molecule has 0 fully saturated rings. The first kappa shape index (κ1) is 29.1. The molecule has 8 nitrogen and oxygen atoms in total. The minimum Gasteiger partial charge on any atom is -0.436 e. The summed E-state index contributed by atoms with van der Waals surface area (Å²) in [5.41, 5.74) is 6.40. The van der Waals surface area contributed by atoms with Crippen LogP contribution in [0.2, 0.25) is 0 Å². The van der Waals surface area contributed by atoms with Gasteiger partial charge < -0.3 is 25.9 Å². The zero-order valence-electron chi connectivity index (χ0n) is 21.1. The predicted molar refractivity (Wildman–Crippen MR) is 132 cm³/mol. The Labute approximate surface area is 203 Å². The van der Waals surface area contributed by atoms with Gasteiger partial charge in [0.25, 0.3) is 5.91 Å². The largest absolute Gasteiger partial charge is 0.436 e. The Morgan fingerprint density at radius 2 is 1.53 bits per heavy atom. The molecule has 0 heterocycles. The summed E-state index contributed by atoms with van der Waals surface area (Å²) >= 11 is 0. The van der Waals surface area contributed by atoms with Gasteiger partial charge in [0, 0.05) is 0 Å². The normalized spacial score (nSPS) is 14.7. The second kappa shape index (κ2) is 15.1. The summed E-state index contributed by atoms with van der Waals surface area (Å²) < 4.78 is 5.11. The molecule has 1 aromatic carbocycles. The summed E-state index contributed by atoms with van der Waals surface area (Å²) in [4.78, 5) is 48.7. The number of hydrogen-bond donors (Lipinski definition) is 3. The van der Waals surface area contributed by atoms with Crippen LogP contribution in [0.5, 0.6) is 0 Å². The molecule has 1 aromatic rings. The number of primary amides is 1. The molecule has 4 atom stereocenters. The maximum absolute atomic E-state index is 13.0. The summed E-state index contributed by atoms with van der Waals surface area (Å²) in [6.45, 7) is 9.76. The Kier molecular flexibility index (Phi) is 12.9. The monoisotopic (exact) mass is 475 g/mol. The lowest BCUT2D eigenvalue weighted by Crippen LogP contribution is -2.53. The van der Waals surface area contributed by atoms with Crippen LogP contribution in [-0.2, 0) is 25.5 Å². The lowest BCUT2D eigenvalue weighted by atomic mass is 9.95. The highest BCUT2D eigenvalue weighted by molar-refractivity contribution is 5.91. The molecule has 0 bridgehead atoms. The molecule has 190 valence electrons. The van der Waals surface area contributed by atoms with E-state index in [0.717, 1.165) is 12.8 Å². The van der Waals surface area contributed by atoms with E-state index in [0.29, 0.717) is 19.1 Å². The number of benzene rings is 1. The van der Waals surface area contributed by atoms with Gasteiger partial charge in [-0.3, -0.25) is 9.59 Å². The number of carbonyl (C=O) groups excluding carboxylic acids is 4. The average molecular weight is 476 g/mol. The fourth-order valence-corrected chi connectivity index (χ4v) is 3.80. The quantitative estimate of drug-likeness (QED) is 0.335. The Morgan fingerprint density at radius 3 is 2.06 bits per heavy atom. The van der Waals surface area contributed by atoms with Crippen molar-refractivity contribution in [3.05, 3.63) is 35.9 Å². The average Bonchev–Trinajstić information content (AvgIpc) is 2.76. The smallest absolute Gasteiger partial charge is 0.405 e. The molecule has 0 aliphatic carbocycles. The number of amides is 3. The number of nitrogens with one attached hydrogen (secondary N) is 2. The molecular weight excluding hydrogens is 434 g/mol. The van der Waals surface area contributed by atoms with Crippen LogP contribution in [0.3, 0.4) is 0 Å². The molecule has 1 rings (SSSR count). The molecule has 0 saturated carbocycles. The third-order valence-corrected chi connectivity index (χ3v) is 5.49. The van der Waals surface area contributed by atoms with Crippen molar-refractivity contribution >= 4 is 24.2 Å². The van der Waals surface area contributed by atoms with Crippen molar-refractivity contribution in [2.24, 2.45) is 23.5 Å². The minimum atomic E-state index is -1.11. The van der Waals surface area contributed by atoms with Gasteiger partial charge in [-0.15, -0.1) is 0 Å². The topological polar surface area (TPSA) is 128 Å². The van der Waals surface area contributed by atoms with E-state index < -0.39 is 36.1 Å². The highest BCUT2D eigenvalue weighted by Gasteiger charge is 2.30. The number of aryl methyl sites for hydroxylation is 1. The van der Waals surface area contributed by atoms with Crippen LogP contribution in [0.25, 0.3) is 0 Å². The zero-order chi connectivity index (χ0) is 25.7. The fourth-order valence-electron chi connectivity index (χ4n) is 3.80. The number of rotatable bonds is 15. The molecule has 34 heavy (non-hydrogen) atoms. The van der Waals surface area contributed by atoms with Gasteiger partial charge in [-0.2, -0.15) is 0 Å². The molecule has 3 amide bonds. The van der Waals surface area contributed by atoms with E-state index in [-0.39, 0.29) is 24.2 Å². The van der Waals surface area contributed by atoms with Crippen LogP contribution in [0, 0.1) is 17.8 Å². The lowest BCUT2D eigenvalue weighted by Gasteiger charge is -2.26. The van der Waals surface area contributed by atoms with Crippen molar-refractivity contribution < 1.29 is 23.9 Å². The second-order valence-electron chi connectivity index (χ2n) is 9.86. The number of ether oxygens (including phenoxy) is 1. The first-order valence-corrected chi connectivity index (χ1v) is 12.1. The van der Waals surface area contributed by atoms with Crippen molar-refractivity contribution in [3.8, 4) is 0 Å². The molecule has 0 aliphatic heterocycles. The van der Waals surface area contributed by atoms with Crippen LogP contribution in [0.15, 0.2) is 30.3 Å². The second-order valence-corrected chi connectivity index (χ2v) is 9.86. The maximum atomic E-state index is 13.0. The summed E-state index contributed by atoms with van der Waals surface area (Å²) in [6, 6.07) is 8.49. The van der Waals surface area contributed by atoms with Gasteiger partial charge in [0.05, 0.1) is 6.04 Å². The van der Waals surface area contributed by atoms with Gasteiger partial charge in [0.2, 0.25) is 5.91 Å². The summed E-state index contributed by atoms with van der Waals surface area (Å²) in [6.07, 6.45) is 1.33. The van der Waals surface area contributed by atoms with Crippen molar-refractivity contribution in [2.75, 3.05) is 0 Å². The molecular formula is C26H41N3O5. The van der Waals surface area contributed by atoms with Gasteiger partial charge in [-0.1, -0.05) is 65.0 Å². The van der Waals surface area contributed by atoms with E-state index >= 15 is 0 Å². The van der Waals surface area contributed by atoms with E-state index in [4.69, 9.17) is 10.5 Å². The molecule has 0 aromatic heterocycles. The molecule has 8 heteroatoms. The summed E-state index contributed by atoms with van der Waals surface area (Å²) in [7, 11) is 0. The number of nitrogens with two attached hydrogens (primary N) is 1. The predicted octanol–water partition coefficient (Wildman–Crippen LogP) is 3.37. The number of hydrogen-bond acceptors (Lipinski definition) is 5. The minimum absolute atomic E-state index is 0.0677. The van der Waals surface area contributed by atoms with E-state index in [1.54, 1.807) is 0 Å². The summed E-state index contributed by atoms with van der Waals surface area (Å²) in [5, 5.41) is 5.43. The van der Waals surface area contributed by atoms with E-state index in [1.807, 2.05) is 65.0 Å². The number of aldehydes is 1. The van der Waals surface area contributed by atoms with Crippen LogP contribution in [0.1, 0.15) is 65.9 Å². The Balaban J connectivity index is 2.84. The van der Waals surface area contributed by atoms with Gasteiger partial charge in [-0.25, -0.2) is 4.79 Å². The Hall–Kier alpha value is -2.90. The third kappa shape index (κ3) is 11.8. The highest BCUT2D eigenvalue weighted by Crippen LogP contribution is 2.17. The summed E-state index contributed by atoms with van der Waals surface area (Å²) in [5.74, 6) is -0.610. The van der Waals surface area contributed by atoms with E-state index in [2.05, 4.69) is 10.6 Å². The van der Waals surface area contributed by atoms with Gasteiger partial charge in [-0.05, 0) is 55.4 Å². The lowest BCUT2D eigenvalue weighted by molar-refractivity contribution is -0.135. The van der Waals surface area contributed by atoms with Crippen LogP contribution in [-0.4, -0.2) is 42.4 Å². The van der Waals surface area contributed by atoms with Gasteiger partial charge in [0.1, 0.15) is 12.3 Å². The molecule has 0 unspecified atom stereocenters. The maximum Gasteiger partial charge on any atom is 0.405 e. The SMILES string of the molecule is CC(C)C[C@@H](C=O)NC(=O)[C@H](CC(C)C)NC(=O)[C@H](C[C@@H](C)CCc1ccccc1)OC(N)=O.